The second-order valence-electron chi connectivity index (χ2n) is 5.87. The van der Waals surface area contributed by atoms with Crippen molar-refractivity contribution in [1.82, 2.24) is 0 Å². The van der Waals surface area contributed by atoms with E-state index in [0.29, 0.717) is 10.5 Å². The quantitative estimate of drug-likeness (QED) is 0.869. The molecule has 0 heterocycles. The molecule has 3 atom stereocenters. The third-order valence-corrected chi connectivity index (χ3v) is 5.11. The number of hydrogen-bond donors (Lipinski definition) is 1. The molecular formula is C18H17F3NO3S+. The molecule has 1 aromatic carbocycles. The molecule has 0 bridgehead atoms. The standard InChI is InChI=1S/C18H17F3NO3S/c1-11-7-16(24)15(18(19,20)21)8-17(11)26(25)14-5-3-13(4-6-14)10-22-9-12(2)23/h3-8,12,15,23H,9H2,1-2H3/q+1. The van der Waals surface area contributed by atoms with Gasteiger partial charge in [-0.1, -0.05) is 4.85 Å². The van der Waals surface area contributed by atoms with Gasteiger partial charge in [-0.05, 0) is 55.8 Å². The van der Waals surface area contributed by atoms with Crippen molar-refractivity contribution >= 4 is 16.6 Å². The number of halogens is 3. The Labute approximate surface area is 151 Å². The monoisotopic (exact) mass is 384 g/mol. The van der Waals surface area contributed by atoms with Crippen molar-refractivity contribution in [2.75, 3.05) is 6.54 Å². The SMILES string of the molecule is CC1=CC(=O)C(C(F)(F)F)C=C1S(=O)c1ccc(C#[N+]CC(C)O)cc1. The molecule has 0 aliphatic heterocycles. The molecule has 0 radical (unpaired) electrons. The van der Waals surface area contributed by atoms with Gasteiger partial charge in [0.2, 0.25) is 0 Å². The number of alkyl halides is 3. The van der Waals surface area contributed by atoms with Crippen molar-refractivity contribution < 1.29 is 27.3 Å². The summed E-state index contributed by atoms with van der Waals surface area (Å²) in [6.45, 7) is 3.24. The molecular weight excluding hydrogens is 367 g/mol. The first-order chi connectivity index (χ1) is 12.1. The van der Waals surface area contributed by atoms with Crippen molar-refractivity contribution in [2.45, 2.75) is 31.0 Å². The maximum absolute atomic E-state index is 13.0. The molecule has 138 valence electrons. The van der Waals surface area contributed by atoms with Crippen LogP contribution >= 0.6 is 0 Å². The lowest BCUT2D eigenvalue weighted by molar-refractivity contribution is -0.168. The smallest absolute Gasteiger partial charge is 0.385 e. The fourth-order valence-electron chi connectivity index (χ4n) is 2.25. The molecule has 0 aromatic heterocycles. The summed E-state index contributed by atoms with van der Waals surface area (Å²) in [5.74, 6) is -3.33. The van der Waals surface area contributed by atoms with E-state index in [2.05, 4.69) is 10.9 Å². The molecule has 3 unspecified atom stereocenters. The van der Waals surface area contributed by atoms with Crippen molar-refractivity contribution in [2.24, 2.45) is 5.92 Å². The summed E-state index contributed by atoms with van der Waals surface area (Å²) in [4.78, 5) is 15.8. The normalized spacial score (nSPS) is 19.8. The average molecular weight is 384 g/mol. The summed E-state index contributed by atoms with van der Waals surface area (Å²) < 4.78 is 51.5. The summed E-state index contributed by atoms with van der Waals surface area (Å²) in [6, 6.07) is 8.87. The number of ketones is 1. The maximum atomic E-state index is 13.0. The fourth-order valence-corrected chi connectivity index (χ4v) is 3.50. The van der Waals surface area contributed by atoms with Crippen LogP contribution in [0.1, 0.15) is 19.4 Å². The Hall–Kier alpha value is -2.24. The van der Waals surface area contributed by atoms with E-state index >= 15 is 0 Å². The van der Waals surface area contributed by atoms with Crippen molar-refractivity contribution in [3.8, 4) is 6.07 Å². The molecule has 4 nitrogen and oxygen atoms in total. The zero-order valence-electron chi connectivity index (χ0n) is 14.1. The van der Waals surface area contributed by atoms with Gasteiger partial charge in [0.1, 0.15) is 17.6 Å². The Morgan fingerprint density at radius 3 is 2.46 bits per heavy atom. The predicted octanol–water partition coefficient (Wildman–Crippen LogP) is 3.45. The number of hydrogen-bond acceptors (Lipinski definition) is 3. The molecule has 1 N–H and O–H groups in total. The van der Waals surface area contributed by atoms with Crippen molar-refractivity contribution in [3.05, 3.63) is 57.3 Å². The second kappa shape index (κ2) is 7.98. The second-order valence-corrected chi connectivity index (χ2v) is 7.32. The van der Waals surface area contributed by atoms with Crippen LogP contribution in [-0.2, 0) is 15.6 Å². The van der Waals surface area contributed by atoms with E-state index in [1.807, 2.05) is 0 Å². The minimum Gasteiger partial charge on any atom is -0.385 e. The lowest BCUT2D eigenvalue weighted by Gasteiger charge is -2.21. The lowest BCUT2D eigenvalue weighted by Crippen LogP contribution is -2.30. The maximum Gasteiger partial charge on any atom is 0.402 e. The van der Waals surface area contributed by atoms with Gasteiger partial charge in [-0.25, -0.2) is 4.21 Å². The third-order valence-electron chi connectivity index (χ3n) is 3.56. The minimum absolute atomic E-state index is 0.0218. The fraction of sp³-hybridized carbons (Fsp3) is 0.333. The van der Waals surface area contributed by atoms with Crippen LogP contribution < -0.4 is 0 Å². The van der Waals surface area contributed by atoms with E-state index in [9.17, 15) is 22.2 Å². The molecule has 0 saturated heterocycles. The van der Waals surface area contributed by atoms with E-state index in [1.54, 1.807) is 19.1 Å². The number of allylic oxidation sites excluding steroid dienone is 3. The van der Waals surface area contributed by atoms with E-state index in [-0.39, 0.29) is 17.0 Å². The van der Waals surface area contributed by atoms with Crippen molar-refractivity contribution in [3.63, 3.8) is 0 Å². The first-order valence-corrected chi connectivity index (χ1v) is 8.88. The van der Waals surface area contributed by atoms with Gasteiger partial charge in [-0.15, -0.1) is 0 Å². The summed E-state index contributed by atoms with van der Waals surface area (Å²) in [6.07, 6.45) is -3.69. The minimum atomic E-state index is -4.72. The van der Waals surface area contributed by atoms with E-state index in [4.69, 9.17) is 5.11 Å². The molecule has 1 aliphatic carbocycles. The van der Waals surface area contributed by atoms with Gasteiger partial charge < -0.3 is 5.11 Å². The summed E-state index contributed by atoms with van der Waals surface area (Å²) in [5.41, 5.74) is 0.836. The van der Waals surface area contributed by atoms with E-state index in [1.165, 1.54) is 19.1 Å². The Kier molecular flexibility index (Phi) is 6.16. The average Bonchev–Trinajstić information content (AvgIpc) is 2.53. The number of aliphatic hydroxyl groups excluding tert-OH is 1. The van der Waals surface area contributed by atoms with Gasteiger partial charge in [0.05, 0.1) is 10.8 Å². The van der Waals surface area contributed by atoms with E-state index in [0.717, 1.165) is 12.2 Å². The molecule has 8 heteroatoms. The first kappa shape index (κ1) is 20.1. The van der Waals surface area contributed by atoms with Gasteiger partial charge >= 0.3 is 12.2 Å². The lowest BCUT2D eigenvalue weighted by atomic mass is 9.95. The third kappa shape index (κ3) is 4.90. The Morgan fingerprint density at radius 1 is 1.31 bits per heavy atom. The highest BCUT2D eigenvalue weighted by Crippen LogP contribution is 2.35. The van der Waals surface area contributed by atoms with Gasteiger partial charge in [0, 0.05) is 9.80 Å². The predicted molar refractivity (Wildman–Crippen MR) is 92.1 cm³/mol. The first-order valence-electron chi connectivity index (χ1n) is 7.73. The zero-order valence-corrected chi connectivity index (χ0v) is 14.9. The van der Waals surface area contributed by atoms with Crippen LogP contribution in [0.5, 0.6) is 0 Å². The molecule has 26 heavy (non-hydrogen) atoms. The van der Waals surface area contributed by atoms with E-state index < -0.39 is 34.8 Å². The van der Waals surface area contributed by atoms with Crippen LogP contribution in [0.25, 0.3) is 4.85 Å². The topological polar surface area (TPSA) is 58.7 Å². The van der Waals surface area contributed by atoms with Crippen LogP contribution in [0.2, 0.25) is 0 Å². The van der Waals surface area contributed by atoms with Crippen LogP contribution in [0.4, 0.5) is 13.2 Å². The van der Waals surface area contributed by atoms with Gasteiger partial charge in [0.15, 0.2) is 5.78 Å². The largest absolute Gasteiger partial charge is 0.402 e. The highest BCUT2D eigenvalue weighted by atomic mass is 32.2. The molecule has 2 rings (SSSR count). The summed E-state index contributed by atoms with van der Waals surface area (Å²) in [5, 5.41) is 9.12. The van der Waals surface area contributed by atoms with Crippen molar-refractivity contribution in [1.29, 1.82) is 0 Å². The van der Waals surface area contributed by atoms with Gasteiger partial charge in [-0.2, -0.15) is 13.2 Å². The molecule has 0 saturated carbocycles. The van der Waals surface area contributed by atoms with Gasteiger partial charge in [-0.3, -0.25) is 4.79 Å². The van der Waals surface area contributed by atoms with Crippen LogP contribution in [0.3, 0.4) is 0 Å². The Balaban J connectivity index is 2.26. The highest BCUT2D eigenvalue weighted by molar-refractivity contribution is 7.89. The number of benzene rings is 1. The zero-order chi connectivity index (χ0) is 19.5. The van der Waals surface area contributed by atoms with Crippen LogP contribution in [0.15, 0.2) is 51.8 Å². The number of carbonyl (C=O) groups is 1. The van der Waals surface area contributed by atoms with Gasteiger partial charge in [0.25, 0.3) is 6.54 Å². The highest BCUT2D eigenvalue weighted by Gasteiger charge is 2.44. The molecule has 0 amide bonds. The number of nitrogens with zero attached hydrogens (tertiary/aromatic N) is 1. The Morgan fingerprint density at radius 2 is 1.92 bits per heavy atom. The Bertz CT molecular complexity index is 843. The summed E-state index contributed by atoms with van der Waals surface area (Å²) >= 11 is 0. The van der Waals surface area contributed by atoms with Crippen LogP contribution in [-0.4, -0.2) is 33.9 Å². The molecule has 1 aromatic rings. The molecule has 1 aliphatic rings. The number of rotatable bonds is 3. The number of carbonyl (C=O) groups excluding carboxylic acids is 1. The summed E-state index contributed by atoms with van der Waals surface area (Å²) in [7, 11) is -1.85. The molecule has 0 fully saturated rings. The van der Waals surface area contributed by atoms with Crippen LogP contribution in [0, 0.1) is 12.0 Å². The number of aliphatic hydroxyl groups is 1. The molecule has 0 spiro atoms.